The van der Waals surface area contributed by atoms with Crippen LogP contribution < -0.4 is 0 Å². The molecule has 0 saturated heterocycles. The Morgan fingerprint density at radius 3 is 1.95 bits per heavy atom. The molecule has 1 aromatic heterocycles. The monoisotopic (exact) mass is 272 g/mol. The van der Waals surface area contributed by atoms with Crippen LogP contribution in [0.2, 0.25) is 0 Å². The Morgan fingerprint density at radius 1 is 0.800 bits per heavy atom. The largest absolute Gasteiger partial charge is 0.156 e. The van der Waals surface area contributed by atoms with Gasteiger partial charge in [0.05, 0.1) is 11.4 Å². The zero-order valence-corrected chi connectivity index (χ0v) is 13.0. The third kappa shape index (κ3) is 3.21. The van der Waals surface area contributed by atoms with Gasteiger partial charge in [-0.1, -0.05) is 19.8 Å². The summed E-state index contributed by atoms with van der Waals surface area (Å²) in [4.78, 5) is 0. The van der Waals surface area contributed by atoms with Gasteiger partial charge in [-0.2, -0.15) is 10.2 Å². The molecule has 2 heteroatoms. The molecule has 2 nitrogen and oxygen atoms in total. The smallest absolute Gasteiger partial charge is 0.0662 e. The normalized spacial score (nSPS) is 34.9. The van der Waals surface area contributed by atoms with Crippen LogP contribution in [-0.2, 0) is 0 Å². The van der Waals surface area contributed by atoms with Crippen molar-refractivity contribution in [1.82, 2.24) is 10.2 Å². The average Bonchev–Trinajstić information content (AvgIpc) is 2.49. The van der Waals surface area contributed by atoms with Crippen LogP contribution in [0.25, 0.3) is 0 Å². The van der Waals surface area contributed by atoms with E-state index in [1.165, 1.54) is 57.1 Å². The van der Waals surface area contributed by atoms with E-state index >= 15 is 0 Å². The number of aromatic nitrogens is 2. The first-order chi connectivity index (χ1) is 9.72. The van der Waals surface area contributed by atoms with Gasteiger partial charge in [0.1, 0.15) is 0 Å². The van der Waals surface area contributed by atoms with Gasteiger partial charge < -0.3 is 0 Å². The van der Waals surface area contributed by atoms with E-state index in [1.807, 2.05) is 6.92 Å². The third-order valence-electron chi connectivity index (χ3n) is 5.74. The second-order valence-corrected chi connectivity index (χ2v) is 7.23. The highest BCUT2D eigenvalue weighted by molar-refractivity contribution is 5.11. The molecule has 0 amide bonds. The van der Waals surface area contributed by atoms with Gasteiger partial charge >= 0.3 is 0 Å². The van der Waals surface area contributed by atoms with Gasteiger partial charge in [0.25, 0.3) is 0 Å². The summed E-state index contributed by atoms with van der Waals surface area (Å²) in [5.41, 5.74) is 2.25. The predicted molar refractivity (Wildman–Crippen MR) is 82.6 cm³/mol. The summed E-state index contributed by atoms with van der Waals surface area (Å²) in [5.74, 6) is 3.67. The van der Waals surface area contributed by atoms with Crippen molar-refractivity contribution in [3.63, 3.8) is 0 Å². The third-order valence-corrected chi connectivity index (χ3v) is 5.74. The van der Waals surface area contributed by atoms with Crippen molar-refractivity contribution in [3.05, 3.63) is 23.5 Å². The first-order valence-electron chi connectivity index (χ1n) is 8.52. The van der Waals surface area contributed by atoms with Crippen LogP contribution in [-0.4, -0.2) is 10.2 Å². The summed E-state index contributed by atoms with van der Waals surface area (Å²) in [6.07, 6.45) is 11.4. The number of hydrogen-bond donors (Lipinski definition) is 0. The Bertz CT molecular complexity index is 410. The lowest BCUT2D eigenvalue weighted by Gasteiger charge is -2.37. The van der Waals surface area contributed by atoms with E-state index in [0.717, 1.165) is 23.4 Å². The Balaban J connectivity index is 1.53. The van der Waals surface area contributed by atoms with Crippen LogP contribution >= 0.6 is 0 Å². The fourth-order valence-corrected chi connectivity index (χ4v) is 4.27. The Morgan fingerprint density at radius 2 is 1.40 bits per heavy atom. The van der Waals surface area contributed by atoms with Crippen molar-refractivity contribution >= 4 is 0 Å². The molecular formula is C18H28N2. The lowest BCUT2D eigenvalue weighted by Crippen LogP contribution is -2.25. The fraction of sp³-hybridized carbons (Fsp3) is 0.778. The topological polar surface area (TPSA) is 25.8 Å². The predicted octanol–water partition coefficient (Wildman–Crippen LogP) is 4.89. The van der Waals surface area contributed by atoms with E-state index in [1.54, 1.807) is 0 Å². The zero-order chi connectivity index (χ0) is 13.9. The van der Waals surface area contributed by atoms with E-state index in [-0.39, 0.29) is 0 Å². The second-order valence-electron chi connectivity index (χ2n) is 7.23. The first-order valence-corrected chi connectivity index (χ1v) is 8.52. The minimum Gasteiger partial charge on any atom is -0.156 e. The Hall–Kier alpha value is -0.920. The quantitative estimate of drug-likeness (QED) is 0.766. The molecule has 0 radical (unpaired) electrons. The van der Waals surface area contributed by atoms with E-state index < -0.39 is 0 Å². The fourth-order valence-electron chi connectivity index (χ4n) is 4.27. The van der Waals surface area contributed by atoms with Gasteiger partial charge in [-0.15, -0.1) is 0 Å². The summed E-state index contributed by atoms with van der Waals surface area (Å²) >= 11 is 0. The van der Waals surface area contributed by atoms with Gasteiger partial charge in [0, 0.05) is 5.92 Å². The van der Waals surface area contributed by atoms with Crippen LogP contribution in [0.5, 0.6) is 0 Å². The Kier molecular flexibility index (Phi) is 4.38. The van der Waals surface area contributed by atoms with Crippen molar-refractivity contribution in [1.29, 1.82) is 0 Å². The maximum Gasteiger partial charge on any atom is 0.0662 e. The molecule has 0 N–H and O–H groups in total. The van der Waals surface area contributed by atoms with E-state index in [9.17, 15) is 0 Å². The first kappa shape index (κ1) is 14.0. The van der Waals surface area contributed by atoms with Crippen LogP contribution in [0.15, 0.2) is 12.1 Å². The second kappa shape index (κ2) is 6.24. The van der Waals surface area contributed by atoms with Gasteiger partial charge in [0.15, 0.2) is 0 Å². The Labute approximate surface area is 123 Å². The molecule has 0 aromatic carbocycles. The van der Waals surface area contributed by atoms with Crippen molar-refractivity contribution in [3.8, 4) is 0 Å². The van der Waals surface area contributed by atoms with E-state index in [2.05, 4.69) is 29.3 Å². The molecule has 0 unspecified atom stereocenters. The highest BCUT2D eigenvalue weighted by Gasteiger charge is 2.30. The van der Waals surface area contributed by atoms with Crippen LogP contribution in [0, 0.1) is 24.7 Å². The molecule has 0 atom stereocenters. The van der Waals surface area contributed by atoms with Crippen molar-refractivity contribution in [2.75, 3.05) is 0 Å². The molecule has 2 saturated carbocycles. The zero-order valence-electron chi connectivity index (χ0n) is 13.0. The number of aryl methyl sites for hydroxylation is 1. The minimum absolute atomic E-state index is 0.668. The summed E-state index contributed by atoms with van der Waals surface area (Å²) in [6, 6.07) is 4.30. The highest BCUT2D eigenvalue weighted by atomic mass is 15.1. The van der Waals surface area contributed by atoms with Crippen molar-refractivity contribution in [2.45, 2.75) is 71.1 Å². The van der Waals surface area contributed by atoms with Crippen molar-refractivity contribution in [2.24, 2.45) is 17.8 Å². The van der Waals surface area contributed by atoms with Crippen LogP contribution in [0.4, 0.5) is 0 Å². The molecule has 1 aromatic rings. The molecule has 2 aliphatic carbocycles. The maximum atomic E-state index is 4.40. The summed E-state index contributed by atoms with van der Waals surface area (Å²) in [7, 11) is 0. The van der Waals surface area contributed by atoms with Gasteiger partial charge in [-0.25, -0.2) is 0 Å². The lowest BCUT2D eigenvalue weighted by atomic mass is 9.69. The minimum atomic E-state index is 0.668. The summed E-state index contributed by atoms with van der Waals surface area (Å²) < 4.78 is 0. The van der Waals surface area contributed by atoms with Crippen LogP contribution in [0.3, 0.4) is 0 Å². The lowest BCUT2D eigenvalue weighted by molar-refractivity contribution is 0.164. The van der Waals surface area contributed by atoms with Gasteiger partial charge in [0.2, 0.25) is 0 Å². The molecule has 20 heavy (non-hydrogen) atoms. The molecular weight excluding hydrogens is 244 g/mol. The SMILES string of the molecule is Cc1ccc(C2CCC(C3CCC(C)CC3)CC2)nn1. The number of rotatable bonds is 2. The molecule has 0 spiro atoms. The molecule has 2 fully saturated rings. The molecule has 110 valence electrons. The molecule has 0 bridgehead atoms. The summed E-state index contributed by atoms with van der Waals surface area (Å²) in [5, 5.41) is 8.62. The van der Waals surface area contributed by atoms with E-state index in [4.69, 9.17) is 0 Å². The molecule has 1 heterocycles. The van der Waals surface area contributed by atoms with Crippen molar-refractivity contribution < 1.29 is 0 Å². The van der Waals surface area contributed by atoms with Crippen LogP contribution in [0.1, 0.15) is 75.6 Å². The molecule has 3 rings (SSSR count). The molecule has 2 aliphatic rings. The number of nitrogens with zero attached hydrogens (tertiary/aromatic N) is 2. The average molecular weight is 272 g/mol. The van der Waals surface area contributed by atoms with Gasteiger partial charge in [-0.05, 0) is 75.3 Å². The van der Waals surface area contributed by atoms with Gasteiger partial charge in [-0.3, -0.25) is 0 Å². The standard InChI is InChI=1S/C18H28N2/c1-13-3-6-15(7-4-13)16-8-10-17(11-9-16)18-12-5-14(2)19-20-18/h5,12-13,15-17H,3-4,6-11H2,1-2H3. The highest BCUT2D eigenvalue weighted by Crippen LogP contribution is 2.43. The molecule has 0 aliphatic heterocycles. The van der Waals surface area contributed by atoms with E-state index in [0.29, 0.717) is 5.92 Å². The number of hydrogen-bond acceptors (Lipinski definition) is 2. The maximum absolute atomic E-state index is 4.40. The summed E-state index contributed by atoms with van der Waals surface area (Å²) in [6.45, 7) is 4.43.